The second-order valence-electron chi connectivity index (χ2n) is 3.63. The van der Waals surface area contributed by atoms with Crippen molar-refractivity contribution in [1.82, 2.24) is 0 Å². The number of rotatable bonds is 5. The Morgan fingerprint density at radius 3 is 2.56 bits per heavy atom. The van der Waals surface area contributed by atoms with Crippen LogP contribution in [-0.4, -0.2) is 18.2 Å². The number of nitrogens with two attached hydrogens (primary N) is 1. The van der Waals surface area contributed by atoms with Crippen LogP contribution in [0.1, 0.15) is 30.0 Å². The van der Waals surface area contributed by atoms with Crippen molar-refractivity contribution in [2.45, 2.75) is 18.9 Å². The second kappa shape index (κ2) is 5.72. The van der Waals surface area contributed by atoms with Gasteiger partial charge in [0, 0.05) is 17.2 Å². The Labute approximate surface area is 101 Å². The van der Waals surface area contributed by atoms with Gasteiger partial charge in [0.2, 0.25) is 0 Å². The molecule has 3 N–H and O–H groups in total. The van der Waals surface area contributed by atoms with Crippen molar-refractivity contribution < 1.29 is 27.8 Å². The third-order valence-corrected chi connectivity index (χ3v) is 2.34. The highest BCUT2D eigenvalue weighted by Gasteiger charge is 2.22. The highest BCUT2D eigenvalue weighted by atomic mass is 19.3. The van der Waals surface area contributed by atoms with E-state index in [1.165, 1.54) is 0 Å². The summed E-state index contributed by atoms with van der Waals surface area (Å²) in [5.74, 6) is -2.52. The van der Waals surface area contributed by atoms with E-state index in [1.807, 2.05) is 0 Å². The normalized spacial score (nSPS) is 12.6. The lowest BCUT2D eigenvalue weighted by molar-refractivity contribution is -0.137. The van der Waals surface area contributed by atoms with Crippen molar-refractivity contribution in [3.63, 3.8) is 0 Å². The minimum atomic E-state index is -2.87. The van der Waals surface area contributed by atoms with E-state index in [9.17, 15) is 18.0 Å². The summed E-state index contributed by atoms with van der Waals surface area (Å²) in [6.07, 6.45) is -3.39. The van der Waals surface area contributed by atoms with Crippen LogP contribution in [0, 0.1) is 5.82 Å². The van der Waals surface area contributed by atoms with Gasteiger partial charge in [-0.25, -0.2) is 13.2 Å². The zero-order chi connectivity index (χ0) is 13.9. The summed E-state index contributed by atoms with van der Waals surface area (Å²) in [4.78, 5) is 10.5. The number of methoxy groups -OCH3 is 1. The highest BCUT2D eigenvalue weighted by molar-refractivity contribution is 5.68. The van der Waals surface area contributed by atoms with Crippen molar-refractivity contribution >= 4 is 5.97 Å². The molecule has 0 fully saturated rings. The maximum atomic E-state index is 13.5. The summed E-state index contributed by atoms with van der Waals surface area (Å²) in [5.41, 5.74) is 4.88. The molecule has 0 aromatic heterocycles. The van der Waals surface area contributed by atoms with Gasteiger partial charge in [-0.2, -0.15) is 0 Å². The van der Waals surface area contributed by atoms with E-state index in [1.54, 1.807) is 0 Å². The molecule has 0 aliphatic heterocycles. The molecule has 0 amide bonds. The predicted molar refractivity (Wildman–Crippen MR) is 57.1 cm³/mol. The molecule has 0 bridgehead atoms. The molecule has 1 aromatic rings. The molecule has 0 aliphatic carbocycles. The monoisotopic (exact) mass is 263 g/mol. The molecule has 0 spiro atoms. The number of benzene rings is 1. The van der Waals surface area contributed by atoms with Crippen LogP contribution < -0.4 is 10.5 Å². The summed E-state index contributed by atoms with van der Waals surface area (Å²) < 4.78 is 43.3. The quantitative estimate of drug-likeness (QED) is 0.854. The Kier molecular flexibility index (Phi) is 4.55. The van der Waals surface area contributed by atoms with E-state index in [0.29, 0.717) is 6.07 Å². The summed E-state index contributed by atoms with van der Waals surface area (Å²) in [7, 11) is 1.15. The van der Waals surface area contributed by atoms with Crippen LogP contribution in [0.5, 0.6) is 5.75 Å². The van der Waals surface area contributed by atoms with Crippen LogP contribution in [0.4, 0.5) is 13.2 Å². The standard InChI is InChI=1S/C11H12F3NO3/c1-18-10-6(8(15)4-9(16)17)2-5(11(13)14)3-7(10)12/h2-3,8,11H,4,15H2,1H3,(H,16,17). The van der Waals surface area contributed by atoms with Crippen molar-refractivity contribution in [1.29, 1.82) is 0 Å². The molecule has 1 aromatic carbocycles. The molecule has 1 rings (SSSR count). The zero-order valence-corrected chi connectivity index (χ0v) is 9.49. The highest BCUT2D eigenvalue weighted by Crippen LogP contribution is 2.33. The van der Waals surface area contributed by atoms with Gasteiger partial charge in [-0.15, -0.1) is 0 Å². The van der Waals surface area contributed by atoms with E-state index >= 15 is 0 Å². The summed E-state index contributed by atoms with van der Waals surface area (Å²) in [5, 5.41) is 8.59. The third-order valence-electron chi connectivity index (χ3n) is 2.34. The van der Waals surface area contributed by atoms with Crippen molar-refractivity contribution in [3.8, 4) is 5.75 Å². The van der Waals surface area contributed by atoms with Crippen molar-refractivity contribution in [2.24, 2.45) is 5.73 Å². The lowest BCUT2D eigenvalue weighted by Gasteiger charge is -2.16. The van der Waals surface area contributed by atoms with Gasteiger partial charge in [0.15, 0.2) is 11.6 Å². The molecule has 1 atom stereocenters. The van der Waals surface area contributed by atoms with Crippen LogP contribution in [-0.2, 0) is 4.79 Å². The van der Waals surface area contributed by atoms with Gasteiger partial charge >= 0.3 is 5.97 Å². The number of hydrogen-bond acceptors (Lipinski definition) is 3. The Hall–Kier alpha value is -1.76. The first kappa shape index (κ1) is 14.3. The number of aliphatic carboxylic acids is 1. The van der Waals surface area contributed by atoms with Crippen molar-refractivity contribution in [3.05, 3.63) is 29.1 Å². The Balaban J connectivity index is 3.25. The average molecular weight is 263 g/mol. The second-order valence-corrected chi connectivity index (χ2v) is 3.63. The van der Waals surface area contributed by atoms with E-state index in [0.717, 1.165) is 13.2 Å². The minimum absolute atomic E-state index is 0.0878. The fourth-order valence-electron chi connectivity index (χ4n) is 1.55. The van der Waals surface area contributed by atoms with Gasteiger partial charge in [-0.05, 0) is 12.1 Å². The number of halogens is 3. The first-order chi connectivity index (χ1) is 8.36. The number of carboxylic acid groups (broad SMARTS) is 1. The molecular formula is C11H12F3NO3. The largest absolute Gasteiger partial charge is 0.493 e. The van der Waals surface area contributed by atoms with E-state index in [-0.39, 0.29) is 11.3 Å². The van der Waals surface area contributed by atoms with Crippen LogP contribution in [0.25, 0.3) is 0 Å². The SMILES string of the molecule is COc1c(F)cc(C(F)F)cc1C(N)CC(=O)O. The average Bonchev–Trinajstić information content (AvgIpc) is 2.26. The Morgan fingerprint density at radius 1 is 1.50 bits per heavy atom. The maximum Gasteiger partial charge on any atom is 0.305 e. The summed E-state index contributed by atoms with van der Waals surface area (Å²) in [6.45, 7) is 0. The summed E-state index contributed by atoms with van der Waals surface area (Å²) >= 11 is 0. The van der Waals surface area contributed by atoms with E-state index in [4.69, 9.17) is 15.6 Å². The predicted octanol–water partition coefficient (Wildman–Crippen LogP) is 2.25. The number of hydrogen-bond donors (Lipinski definition) is 2. The molecule has 1 unspecified atom stereocenters. The van der Waals surface area contributed by atoms with Crippen LogP contribution in [0.15, 0.2) is 12.1 Å². The van der Waals surface area contributed by atoms with E-state index < -0.39 is 36.2 Å². The fraction of sp³-hybridized carbons (Fsp3) is 0.364. The molecular weight excluding hydrogens is 251 g/mol. The number of carbonyl (C=O) groups is 1. The third kappa shape index (κ3) is 3.13. The van der Waals surface area contributed by atoms with Crippen LogP contribution >= 0.6 is 0 Å². The molecule has 7 heteroatoms. The van der Waals surface area contributed by atoms with Gasteiger partial charge in [0.05, 0.1) is 13.5 Å². The summed E-state index contributed by atoms with van der Waals surface area (Å²) in [6, 6.07) is 0.478. The molecule has 0 saturated heterocycles. The topological polar surface area (TPSA) is 72.5 Å². The number of ether oxygens (including phenoxy) is 1. The Morgan fingerprint density at radius 2 is 2.11 bits per heavy atom. The maximum absolute atomic E-state index is 13.5. The molecule has 0 aliphatic rings. The van der Waals surface area contributed by atoms with Gasteiger partial charge in [0.25, 0.3) is 6.43 Å². The first-order valence-electron chi connectivity index (χ1n) is 4.99. The van der Waals surface area contributed by atoms with Gasteiger partial charge in [-0.1, -0.05) is 0 Å². The Bertz CT molecular complexity index is 451. The first-order valence-corrected chi connectivity index (χ1v) is 4.99. The minimum Gasteiger partial charge on any atom is -0.493 e. The smallest absolute Gasteiger partial charge is 0.305 e. The lowest BCUT2D eigenvalue weighted by atomic mass is 10.0. The lowest BCUT2D eigenvalue weighted by Crippen LogP contribution is -2.17. The van der Waals surface area contributed by atoms with Gasteiger partial charge in [-0.3, -0.25) is 4.79 Å². The number of alkyl halides is 2. The van der Waals surface area contributed by atoms with Crippen LogP contribution in [0.3, 0.4) is 0 Å². The van der Waals surface area contributed by atoms with Crippen molar-refractivity contribution in [2.75, 3.05) is 7.11 Å². The van der Waals surface area contributed by atoms with E-state index in [2.05, 4.69) is 0 Å². The molecule has 18 heavy (non-hydrogen) atoms. The zero-order valence-electron chi connectivity index (χ0n) is 9.49. The number of carboxylic acids is 1. The molecule has 4 nitrogen and oxygen atoms in total. The molecule has 100 valence electrons. The molecule has 0 heterocycles. The fourth-order valence-corrected chi connectivity index (χ4v) is 1.55. The molecule has 0 radical (unpaired) electrons. The molecule has 0 saturated carbocycles. The van der Waals surface area contributed by atoms with Crippen LogP contribution in [0.2, 0.25) is 0 Å². The van der Waals surface area contributed by atoms with Gasteiger partial charge < -0.3 is 15.6 Å². The van der Waals surface area contributed by atoms with Gasteiger partial charge in [0.1, 0.15) is 0 Å².